The topological polar surface area (TPSA) is 117 Å². The van der Waals surface area contributed by atoms with Crippen molar-refractivity contribution in [3.63, 3.8) is 0 Å². The maximum absolute atomic E-state index is 11.6. The van der Waals surface area contributed by atoms with E-state index in [-0.39, 0.29) is 18.3 Å². The number of anilines is 2. The quantitative estimate of drug-likeness (QED) is 0.419. The number of nitrogens with zero attached hydrogens (tertiary/aromatic N) is 4. The van der Waals surface area contributed by atoms with E-state index in [1.54, 1.807) is 31.3 Å². The number of benzene rings is 1. The Hall–Kier alpha value is -3.30. The van der Waals surface area contributed by atoms with Gasteiger partial charge in [0.2, 0.25) is 5.91 Å². The van der Waals surface area contributed by atoms with Crippen LogP contribution in [0.1, 0.15) is 6.42 Å². The average Bonchev–Trinajstić information content (AvgIpc) is 2.67. The minimum Gasteiger partial charge on any atom is -0.460 e. The fourth-order valence-corrected chi connectivity index (χ4v) is 2.26. The van der Waals surface area contributed by atoms with E-state index >= 15 is 0 Å². The van der Waals surface area contributed by atoms with E-state index in [2.05, 4.69) is 37.3 Å². The van der Waals surface area contributed by atoms with Gasteiger partial charge >= 0.3 is 0 Å². The first-order valence-electron chi connectivity index (χ1n) is 9.11. The molecule has 0 aliphatic heterocycles. The first-order valence-corrected chi connectivity index (χ1v) is 9.11. The molecule has 0 radical (unpaired) electrons. The molecular formula is C20H27N7O2. The van der Waals surface area contributed by atoms with Gasteiger partial charge in [0.15, 0.2) is 11.6 Å². The van der Waals surface area contributed by atoms with Gasteiger partial charge in [-0.2, -0.15) is 0 Å². The Morgan fingerprint density at radius 3 is 2.62 bits per heavy atom. The average molecular weight is 397 g/mol. The van der Waals surface area contributed by atoms with Crippen molar-refractivity contribution in [2.75, 3.05) is 45.3 Å². The minimum absolute atomic E-state index is 0.157. The summed E-state index contributed by atoms with van der Waals surface area (Å²) in [5, 5.41) is 13.8. The lowest BCUT2D eigenvalue weighted by atomic mass is 10.3. The largest absolute Gasteiger partial charge is 0.460 e. The number of pyridine rings is 1. The molecule has 1 heterocycles. The zero-order chi connectivity index (χ0) is 21.2. The second kappa shape index (κ2) is 10.9. The molecule has 0 unspecified atom stereocenters. The Morgan fingerprint density at radius 1 is 1.21 bits per heavy atom. The maximum Gasteiger partial charge on any atom is 0.239 e. The molecule has 154 valence electrons. The van der Waals surface area contributed by atoms with Crippen LogP contribution in [-0.4, -0.2) is 50.0 Å². The number of nitrogen functional groups attached to an aromatic ring is 1. The number of nitrogens with two attached hydrogens (primary N) is 1. The Morgan fingerprint density at radius 2 is 1.93 bits per heavy atom. The molecule has 1 amide bonds. The van der Waals surface area contributed by atoms with Crippen LogP contribution in [0.3, 0.4) is 0 Å². The predicted octanol–water partition coefficient (Wildman–Crippen LogP) is 3.08. The molecule has 29 heavy (non-hydrogen) atoms. The molecule has 4 N–H and O–H groups in total. The number of nitrogens with one attached hydrogen (secondary N) is 2. The lowest BCUT2D eigenvalue weighted by molar-refractivity contribution is -0.115. The summed E-state index contributed by atoms with van der Waals surface area (Å²) in [4.78, 5) is 17.8. The van der Waals surface area contributed by atoms with Crippen LogP contribution in [0.5, 0.6) is 5.75 Å². The lowest BCUT2D eigenvalue weighted by Gasteiger charge is -2.13. The highest BCUT2D eigenvalue weighted by Gasteiger charge is 2.08. The van der Waals surface area contributed by atoms with Gasteiger partial charge in [0, 0.05) is 13.0 Å². The zero-order valence-electron chi connectivity index (χ0n) is 17.0. The molecule has 0 aliphatic rings. The molecule has 0 aliphatic carbocycles. The van der Waals surface area contributed by atoms with Crippen molar-refractivity contribution in [2.45, 2.75) is 6.42 Å². The van der Waals surface area contributed by atoms with Crippen molar-refractivity contribution >= 4 is 28.9 Å². The molecule has 0 spiro atoms. The monoisotopic (exact) mass is 397 g/mol. The molecule has 0 saturated carbocycles. The highest BCUT2D eigenvalue weighted by molar-refractivity contribution is 5.91. The lowest BCUT2D eigenvalue weighted by Crippen LogP contribution is -2.25. The molecule has 1 aromatic carbocycles. The summed E-state index contributed by atoms with van der Waals surface area (Å²) in [7, 11) is 5.67. The minimum atomic E-state index is -0.214. The molecule has 0 bridgehead atoms. The fraction of sp³-hybridized carbons (Fsp3) is 0.300. The molecule has 0 atom stereocenters. The molecule has 0 saturated heterocycles. The van der Waals surface area contributed by atoms with Gasteiger partial charge in [-0.25, -0.2) is 4.98 Å². The number of hydrogen-bond acceptors (Lipinski definition) is 8. The first-order chi connectivity index (χ1) is 13.9. The second-order valence-corrected chi connectivity index (χ2v) is 6.54. The highest BCUT2D eigenvalue weighted by atomic mass is 16.5. The molecule has 2 aromatic rings. The number of amides is 1. The molecule has 9 nitrogen and oxygen atoms in total. The van der Waals surface area contributed by atoms with Crippen LogP contribution in [-0.2, 0) is 4.79 Å². The van der Waals surface area contributed by atoms with Gasteiger partial charge in [-0.3, -0.25) is 4.79 Å². The van der Waals surface area contributed by atoms with E-state index in [0.29, 0.717) is 35.1 Å². The van der Waals surface area contributed by atoms with Crippen LogP contribution in [0.2, 0.25) is 0 Å². The van der Waals surface area contributed by atoms with Gasteiger partial charge in [0.25, 0.3) is 0 Å². The summed E-state index contributed by atoms with van der Waals surface area (Å²) in [5.74, 6) is 1.49. The third-order valence-corrected chi connectivity index (χ3v) is 3.73. The van der Waals surface area contributed by atoms with E-state index in [0.717, 1.165) is 6.54 Å². The summed E-state index contributed by atoms with van der Waals surface area (Å²) in [6.45, 7) is 4.97. The molecule has 0 fully saturated rings. The van der Waals surface area contributed by atoms with Crippen molar-refractivity contribution in [3.8, 4) is 5.75 Å². The standard InChI is InChI=1S/C20H27N7O2/c1-14(11-12-27(3)4)29-17-8-6-5-7-15(17)25-26-16-9-10-18(24-20(16)21)23-19(28)13-22-2/h5-10,22H,1,11-13H2,2-4H3,(H3,21,23,24,28)/b26-25+. The van der Waals surface area contributed by atoms with E-state index < -0.39 is 0 Å². The van der Waals surface area contributed by atoms with E-state index in [9.17, 15) is 4.79 Å². The Labute approximate surface area is 170 Å². The Balaban J connectivity index is 2.10. The van der Waals surface area contributed by atoms with Crippen LogP contribution in [0.25, 0.3) is 0 Å². The second-order valence-electron chi connectivity index (χ2n) is 6.54. The van der Waals surface area contributed by atoms with Crippen LogP contribution >= 0.6 is 0 Å². The van der Waals surface area contributed by atoms with E-state index in [1.807, 2.05) is 26.2 Å². The summed E-state index contributed by atoms with van der Waals surface area (Å²) in [6, 6.07) is 10.5. The predicted molar refractivity (Wildman–Crippen MR) is 115 cm³/mol. The van der Waals surface area contributed by atoms with Crippen molar-refractivity contribution in [3.05, 3.63) is 48.7 Å². The maximum atomic E-state index is 11.6. The summed E-state index contributed by atoms with van der Waals surface area (Å²) in [5.41, 5.74) is 6.87. The van der Waals surface area contributed by atoms with Crippen molar-refractivity contribution in [1.29, 1.82) is 0 Å². The third-order valence-electron chi connectivity index (χ3n) is 3.73. The van der Waals surface area contributed by atoms with Crippen molar-refractivity contribution in [1.82, 2.24) is 15.2 Å². The van der Waals surface area contributed by atoms with E-state index in [1.165, 1.54) is 0 Å². The number of hydrogen-bond donors (Lipinski definition) is 3. The van der Waals surface area contributed by atoms with Gasteiger partial charge < -0.3 is 26.0 Å². The third kappa shape index (κ3) is 7.32. The fourth-order valence-electron chi connectivity index (χ4n) is 2.26. The molecule has 2 rings (SSSR count). The van der Waals surface area contributed by atoms with Crippen LogP contribution in [0.4, 0.5) is 23.0 Å². The number of aromatic nitrogens is 1. The van der Waals surface area contributed by atoms with E-state index in [4.69, 9.17) is 10.5 Å². The zero-order valence-corrected chi connectivity index (χ0v) is 17.0. The van der Waals surface area contributed by atoms with Crippen molar-refractivity contribution < 1.29 is 9.53 Å². The number of azo groups is 1. The highest BCUT2D eigenvalue weighted by Crippen LogP contribution is 2.31. The molecule has 9 heteroatoms. The van der Waals surface area contributed by atoms with Gasteiger partial charge in [-0.1, -0.05) is 18.7 Å². The molecular weight excluding hydrogens is 370 g/mol. The van der Waals surface area contributed by atoms with Gasteiger partial charge in [0.1, 0.15) is 17.2 Å². The van der Waals surface area contributed by atoms with Gasteiger partial charge in [-0.15, -0.1) is 10.2 Å². The number of ether oxygens (including phenoxy) is 1. The number of likely N-dealkylation sites (N-methyl/N-ethyl adjacent to an activating group) is 1. The van der Waals surface area contributed by atoms with Gasteiger partial charge in [-0.05, 0) is 45.4 Å². The molecule has 1 aromatic heterocycles. The normalized spacial score (nSPS) is 11.0. The van der Waals surface area contributed by atoms with Crippen LogP contribution in [0.15, 0.2) is 59.0 Å². The first kappa shape index (κ1) is 22.0. The smallest absolute Gasteiger partial charge is 0.239 e. The number of carbonyl (C=O) groups is 1. The van der Waals surface area contributed by atoms with Crippen LogP contribution < -0.4 is 21.1 Å². The summed E-state index contributed by atoms with van der Waals surface area (Å²) >= 11 is 0. The number of para-hydroxylation sites is 1. The van der Waals surface area contributed by atoms with Gasteiger partial charge in [0.05, 0.1) is 12.3 Å². The number of rotatable bonds is 10. The van der Waals surface area contributed by atoms with Crippen LogP contribution in [0, 0.1) is 0 Å². The Kier molecular flexibility index (Phi) is 8.26. The van der Waals surface area contributed by atoms with Crippen molar-refractivity contribution in [2.24, 2.45) is 10.2 Å². The summed E-state index contributed by atoms with van der Waals surface area (Å²) < 4.78 is 5.83. The SMILES string of the molecule is C=C(CCN(C)C)Oc1ccccc1/N=N/c1ccc(NC(=O)CNC)nc1N. The Bertz CT molecular complexity index is 881. The number of carbonyl (C=O) groups excluding carboxylic acids is 1. The summed E-state index contributed by atoms with van der Waals surface area (Å²) in [6.07, 6.45) is 0.704.